The zero-order chi connectivity index (χ0) is 16.0. The van der Waals surface area contributed by atoms with Gasteiger partial charge in [-0.1, -0.05) is 12.1 Å². The fourth-order valence-corrected chi connectivity index (χ4v) is 3.99. The van der Waals surface area contributed by atoms with Gasteiger partial charge in [0.1, 0.15) is 0 Å². The highest BCUT2D eigenvalue weighted by molar-refractivity contribution is 5.98. The Labute approximate surface area is 136 Å². The number of nitrogens with zero attached hydrogens (tertiary/aromatic N) is 2. The minimum atomic E-state index is 0.108. The fourth-order valence-electron chi connectivity index (χ4n) is 3.99. The standard InChI is InChI=1S/C19H22N2O2/c1-12-8-13(2)21(20-12)16-5-3-4-14(9-16)19(22)15-10-17-6-7-18(11-15)23-17/h3-5,8-9,15,17-18H,6-7,10-11H2,1-2H3. The third-order valence-corrected chi connectivity index (χ3v) is 5.05. The molecule has 3 heterocycles. The number of ether oxygens (including phenoxy) is 1. The van der Waals surface area contributed by atoms with Crippen molar-refractivity contribution >= 4 is 5.78 Å². The molecule has 0 saturated carbocycles. The maximum atomic E-state index is 12.9. The van der Waals surface area contributed by atoms with E-state index in [2.05, 4.69) is 5.10 Å². The van der Waals surface area contributed by atoms with Crippen LogP contribution in [0.2, 0.25) is 0 Å². The average molecular weight is 310 g/mol. The monoisotopic (exact) mass is 310 g/mol. The Morgan fingerprint density at radius 1 is 1.17 bits per heavy atom. The molecule has 0 radical (unpaired) electrons. The summed E-state index contributed by atoms with van der Waals surface area (Å²) in [4.78, 5) is 12.9. The molecule has 2 unspecified atom stereocenters. The van der Waals surface area contributed by atoms with Gasteiger partial charge in [0, 0.05) is 17.2 Å². The predicted octanol–water partition coefficient (Wildman–Crippen LogP) is 3.63. The molecule has 4 nitrogen and oxygen atoms in total. The minimum absolute atomic E-state index is 0.108. The summed E-state index contributed by atoms with van der Waals surface area (Å²) in [7, 11) is 0. The van der Waals surface area contributed by atoms with Gasteiger partial charge in [-0.25, -0.2) is 4.68 Å². The Balaban J connectivity index is 1.61. The molecule has 2 atom stereocenters. The van der Waals surface area contributed by atoms with E-state index >= 15 is 0 Å². The Bertz CT molecular complexity index is 738. The maximum absolute atomic E-state index is 12.9. The number of hydrogen-bond donors (Lipinski definition) is 0. The van der Waals surface area contributed by atoms with Crippen LogP contribution < -0.4 is 0 Å². The van der Waals surface area contributed by atoms with Crippen molar-refractivity contribution < 1.29 is 9.53 Å². The maximum Gasteiger partial charge on any atom is 0.166 e. The molecule has 0 spiro atoms. The van der Waals surface area contributed by atoms with Gasteiger partial charge in [0.2, 0.25) is 0 Å². The van der Waals surface area contributed by atoms with E-state index in [0.29, 0.717) is 12.2 Å². The van der Waals surface area contributed by atoms with E-state index in [4.69, 9.17) is 4.74 Å². The number of Topliss-reactive ketones (excluding diaryl/α,β-unsaturated/α-hetero) is 1. The topological polar surface area (TPSA) is 44.1 Å². The summed E-state index contributed by atoms with van der Waals surface area (Å²) in [5, 5.41) is 4.51. The molecule has 120 valence electrons. The molecule has 23 heavy (non-hydrogen) atoms. The van der Waals surface area contributed by atoms with Gasteiger partial charge in [0.05, 0.1) is 23.6 Å². The quantitative estimate of drug-likeness (QED) is 0.813. The summed E-state index contributed by atoms with van der Waals surface area (Å²) in [6, 6.07) is 9.90. The number of aryl methyl sites for hydroxylation is 2. The van der Waals surface area contributed by atoms with Crippen LogP contribution in [0.15, 0.2) is 30.3 Å². The van der Waals surface area contributed by atoms with E-state index in [1.165, 1.54) is 0 Å². The van der Waals surface area contributed by atoms with Crippen LogP contribution in [0.4, 0.5) is 0 Å². The van der Waals surface area contributed by atoms with Gasteiger partial charge in [0.25, 0.3) is 0 Å². The van der Waals surface area contributed by atoms with Crippen molar-refractivity contribution in [2.24, 2.45) is 5.92 Å². The lowest BCUT2D eigenvalue weighted by Crippen LogP contribution is -2.30. The summed E-state index contributed by atoms with van der Waals surface area (Å²) >= 11 is 0. The molecule has 4 heteroatoms. The average Bonchev–Trinajstić information content (AvgIpc) is 3.07. The van der Waals surface area contributed by atoms with E-state index < -0.39 is 0 Å². The number of carbonyl (C=O) groups is 1. The molecule has 2 aromatic rings. The van der Waals surface area contributed by atoms with E-state index in [9.17, 15) is 4.79 Å². The molecular weight excluding hydrogens is 288 g/mol. The van der Waals surface area contributed by atoms with Crippen LogP contribution in [0.25, 0.3) is 5.69 Å². The van der Waals surface area contributed by atoms with E-state index in [1.54, 1.807) is 0 Å². The molecule has 0 amide bonds. The Hall–Kier alpha value is -1.94. The number of ketones is 1. The summed E-state index contributed by atoms with van der Waals surface area (Å²) in [6.07, 6.45) is 4.56. The van der Waals surface area contributed by atoms with Crippen molar-refractivity contribution in [3.8, 4) is 5.69 Å². The van der Waals surface area contributed by atoms with Crippen LogP contribution in [0, 0.1) is 19.8 Å². The van der Waals surface area contributed by atoms with E-state index in [0.717, 1.165) is 48.3 Å². The molecule has 2 bridgehead atoms. The molecule has 0 N–H and O–H groups in total. The molecule has 2 fully saturated rings. The second kappa shape index (κ2) is 5.60. The molecule has 2 aliphatic heterocycles. The lowest BCUT2D eigenvalue weighted by Gasteiger charge is -2.27. The first-order chi connectivity index (χ1) is 11.1. The largest absolute Gasteiger partial charge is 0.375 e. The summed E-state index contributed by atoms with van der Waals surface area (Å²) < 4.78 is 7.76. The zero-order valence-electron chi connectivity index (χ0n) is 13.7. The summed E-state index contributed by atoms with van der Waals surface area (Å²) in [5.41, 5.74) is 3.81. The second-order valence-corrected chi connectivity index (χ2v) is 6.88. The fraction of sp³-hybridized carbons (Fsp3) is 0.474. The van der Waals surface area contributed by atoms with Gasteiger partial charge in [-0.05, 0) is 57.7 Å². The van der Waals surface area contributed by atoms with Gasteiger partial charge in [-0.3, -0.25) is 4.79 Å². The second-order valence-electron chi connectivity index (χ2n) is 6.88. The van der Waals surface area contributed by atoms with Gasteiger partial charge in [-0.2, -0.15) is 5.10 Å². The first kappa shape index (κ1) is 14.6. The number of aromatic nitrogens is 2. The van der Waals surface area contributed by atoms with Crippen molar-refractivity contribution in [3.05, 3.63) is 47.3 Å². The molecule has 2 aliphatic rings. The SMILES string of the molecule is Cc1cc(C)n(-c2cccc(C(=O)C3CC4CCC(C3)O4)c2)n1. The molecule has 0 aliphatic carbocycles. The van der Waals surface area contributed by atoms with Crippen LogP contribution in [-0.2, 0) is 4.74 Å². The Kier molecular flexibility index (Phi) is 3.57. The zero-order valence-corrected chi connectivity index (χ0v) is 13.7. The van der Waals surface area contributed by atoms with Gasteiger partial charge >= 0.3 is 0 Å². The smallest absolute Gasteiger partial charge is 0.166 e. The van der Waals surface area contributed by atoms with Gasteiger partial charge in [0.15, 0.2) is 5.78 Å². The predicted molar refractivity (Wildman–Crippen MR) is 88.0 cm³/mol. The first-order valence-corrected chi connectivity index (χ1v) is 8.43. The van der Waals surface area contributed by atoms with Crippen LogP contribution in [0.5, 0.6) is 0 Å². The van der Waals surface area contributed by atoms with E-state index in [-0.39, 0.29) is 11.7 Å². The Morgan fingerprint density at radius 3 is 2.57 bits per heavy atom. The summed E-state index contributed by atoms with van der Waals surface area (Å²) in [5.74, 6) is 0.366. The minimum Gasteiger partial charge on any atom is -0.375 e. The molecule has 4 rings (SSSR count). The summed E-state index contributed by atoms with van der Waals surface area (Å²) in [6.45, 7) is 4.01. The van der Waals surface area contributed by atoms with Crippen molar-refractivity contribution in [1.29, 1.82) is 0 Å². The third kappa shape index (κ3) is 2.72. The highest BCUT2D eigenvalue weighted by Crippen LogP contribution is 2.37. The van der Waals surface area contributed by atoms with Crippen LogP contribution in [0.1, 0.15) is 47.4 Å². The van der Waals surface area contributed by atoms with Crippen LogP contribution in [0.3, 0.4) is 0 Å². The van der Waals surface area contributed by atoms with Crippen molar-refractivity contribution in [2.75, 3.05) is 0 Å². The molecule has 1 aromatic carbocycles. The van der Waals surface area contributed by atoms with Crippen molar-refractivity contribution in [1.82, 2.24) is 9.78 Å². The van der Waals surface area contributed by atoms with Crippen molar-refractivity contribution in [2.45, 2.75) is 51.7 Å². The number of hydrogen-bond acceptors (Lipinski definition) is 3. The number of carbonyl (C=O) groups excluding carboxylic acids is 1. The molecule has 1 aromatic heterocycles. The normalized spacial score (nSPS) is 26.4. The van der Waals surface area contributed by atoms with Crippen LogP contribution in [-0.4, -0.2) is 27.8 Å². The van der Waals surface area contributed by atoms with Gasteiger partial charge in [-0.15, -0.1) is 0 Å². The lowest BCUT2D eigenvalue weighted by molar-refractivity contribution is -0.0149. The Morgan fingerprint density at radius 2 is 1.91 bits per heavy atom. The number of rotatable bonds is 3. The number of fused-ring (bicyclic) bond motifs is 2. The van der Waals surface area contributed by atoms with E-state index in [1.807, 2.05) is 48.9 Å². The highest BCUT2D eigenvalue weighted by atomic mass is 16.5. The molecule has 2 saturated heterocycles. The molecular formula is C19H22N2O2. The first-order valence-electron chi connectivity index (χ1n) is 8.43. The number of benzene rings is 1. The van der Waals surface area contributed by atoms with Gasteiger partial charge < -0.3 is 4.74 Å². The lowest BCUT2D eigenvalue weighted by atomic mass is 9.88. The highest BCUT2D eigenvalue weighted by Gasteiger charge is 2.38. The van der Waals surface area contributed by atoms with Crippen molar-refractivity contribution in [3.63, 3.8) is 0 Å². The third-order valence-electron chi connectivity index (χ3n) is 5.05. The van der Waals surface area contributed by atoms with Crippen LogP contribution >= 0.6 is 0 Å².